The molecule has 1 heterocycles. The Kier molecular flexibility index (Phi) is 16.3. The number of nitrogens with one attached hydrogen (secondary N) is 5. The summed E-state index contributed by atoms with van der Waals surface area (Å²) in [6.45, 7) is 6.29. The first-order chi connectivity index (χ1) is 27.2. The standard InChI is InChI=1S/C38H44F3N5O12/c1-5-20(4)32(36(55)44-26(17-29(49)50)34(53)42-22-11-12-23-24(38(39,40)41)16-30(51)58-27(23)15-22)45-33(52)25(13-14-28(47)48)43-35(54)31(19(2)3)46-37(56)57-18-21-9-7-6-8-10-21/h6-12,15-16,19-20,25-26,31-32H,5,13-14,17-18H2,1-4H3,(H,42,53)(H,43,54)(H,44,55)(H,45,52)(H,46,56)(H,47,48)(H,49,50). The fourth-order valence-corrected chi connectivity index (χ4v) is 5.53. The van der Waals surface area contributed by atoms with Crippen LogP contribution in [0.3, 0.4) is 0 Å². The molecule has 3 aromatic rings. The highest BCUT2D eigenvalue weighted by Gasteiger charge is 2.36. The summed E-state index contributed by atoms with van der Waals surface area (Å²) in [6.07, 6.45) is -7.66. The van der Waals surface area contributed by atoms with Gasteiger partial charge in [0, 0.05) is 29.6 Å². The SMILES string of the molecule is CCC(C)C(NC(=O)C(CCC(=O)O)NC(=O)C(NC(=O)OCc1ccccc1)C(C)C)C(=O)NC(CC(=O)O)C(=O)Nc1ccc2c(C(F)(F)F)cc(=O)oc2c1. The van der Waals surface area contributed by atoms with Crippen molar-refractivity contribution >= 4 is 58.3 Å². The number of carboxylic acids is 2. The van der Waals surface area contributed by atoms with Gasteiger partial charge in [-0.25, -0.2) is 9.59 Å². The molecular formula is C38H44F3N5O12. The van der Waals surface area contributed by atoms with Gasteiger partial charge >= 0.3 is 29.8 Å². The molecule has 0 saturated carbocycles. The minimum atomic E-state index is -4.91. The van der Waals surface area contributed by atoms with Crippen LogP contribution in [0.2, 0.25) is 0 Å². The Labute approximate surface area is 329 Å². The smallest absolute Gasteiger partial charge is 0.417 e. The lowest BCUT2D eigenvalue weighted by molar-refractivity contribution is -0.141. The average Bonchev–Trinajstić information content (AvgIpc) is 3.15. The summed E-state index contributed by atoms with van der Waals surface area (Å²) in [5.74, 6) is -8.17. The zero-order valence-electron chi connectivity index (χ0n) is 31.8. The van der Waals surface area contributed by atoms with Gasteiger partial charge in [0.1, 0.15) is 36.4 Å². The summed E-state index contributed by atoms with van der Waals surface area (Å²) in [5, 5.41) is 30.2. The Balaban J connectivity index is 1.80. The third-order valence-electron chi connectivity index (χ3n) is 8.84. The number of carboxylic acid groups (broad SMARTS) is 2. The highest BCUT2D eigenvalue weighted by molar-refractivity contribution is 6.01. The number of aliphatic carboxylic acids is 2. The quantitative estimate of drug-likeness (QED) is 0.0858. The number of hydrogen-bond donors (Lipinski definition) is 7. The zero-order valence-corrected chi connectivity index (χ0v) is 31.8. The number of benzene rings is 2. The lowest BCUT2D eigenvalue weighted by Crippen LogP contribution is -2.60. The number of anilines is 1. The number of ether oxygens (including phenoxy) is 1. The predicted octanol–water partition coefficient (Wildman–Crippen LogP) is 3.54. The first kappa shape index (κ1) is 45.9. The van der Waals surface area contributed by atoms with E-state index in [1.54, 1.807) is 58.0 Å². The fourth-order valence-electron chi connectivity index (χ4n) is 5.53. The van der Waals surface area contributed by atoms with Gasteiger partial charge in [0.2, 0.25) is 23.6 Å². The number of carbonyl (C=O) groups excluding carboxylic acids is 5. The number of rotatable bonds is 19. The summed E-state index contributed by atoms with van der Waals surface area (Å²) < 4.78 is 50.5. The minimum absolute atomic E-state index is 0.105. The lowest BCUT2D eigenvalue weighted by atomic mass is 9.96. The molecule has 5 atom stereocenters. The molecule has 5 unspecified atom stereocenters. The highest BCUT2D eigenvalue weighted by atomic mass is 19.4. The van der Waals surface area contributed by atoms with E-state index in [9.17, 15) is 61.7 Å². The molecule has 7 N–H and O–H groups in total. The van der Waals surface area contributed by atoms with Crippen LogP contribution in [0.1, 0.15) is 64.5 Å². The van der Waals surface area contributed by atoms with E-state index in [0.717, 1.165) is 18.2 Å². The number of hydrogen-bond acceptors (Lipinski definition) is 10. The molecule has 0 bridgehead atoms. The van der Waals surface area contributed by atoms with Crippen LogP contribution in [0.5, 0.6) is 0 Å². The maximum Gasteiger partial charge on any atom is 0.417 e. The number of alkyl carbamates (subject to hydrolysis) is 1. The molecule has 0 aliphatic heterocycles. The van der Waals surface area contributed by atoms with Crippen molar-refractivity contribution in [1.82, 2.24) is 21.3 Å². The molecule has 0 aliphatic rings. The van der Waals surface area contributed by atoms with Crippen LogP contribution >= 0.6 is 0 Å². The Morgan fingerprint density at radius 3 is 2.00 bits per heavy atom. The molecule has 58 heavy (non-hydrogen) atoms. The Bertz CT molecular complexity index is 2040. The lowest BCUT2D eigenvalue weighted by Gasteiger charge is -2.29. The summed E-state index contributed by atoms with van der Waals surface area (Å²) in [4.78, 5) is 102. The van der Waals surface area contributed by atoms with E-state index < -0.39 is 125 Å². The van der Waals surface area contributed by atoms with Crippen LogP contribution in [-0.2, 0) is 46.3 Å². The van der Waals surface area contributed by atoms with Crippen molar-refractivity contribution in [2.75, 3.05) is 5.32 Å². The van der Waals surface area contributed by atoms with E-state index in [4.69, 9.17) is 9.15 Å². The Morgan fingerprint density at radius 1 is 0.776 bits per heavy atom. The first-order valence-electron chi connectivity index (χ1n) is 18.0. The van der Waals surface area contributed by atoms with Gasteiger partial charge in [-0.15, -0.1) is 0 Å². The second-order valence-corrected chi connectivity index (χ2v) is 13.6. The van der Waals surface area contributed by atoms with E-state index in [-0.39, 0.29) is 24.8 Å². The van der Waals surface area contributed by atoms with Crippen molar-refractivity contribution in [3.05, 3.63) is 76.1 Å². The predicted molar refractivity (Wildman–Crippen MR) is 199 cm³/mol. The van der Waals surface area contributed by atoms with Crippen molar-refractivity contribution in [2.24, 2.45) is 11.8 Å². The van der Waals surface area contributed by atoms with Crippen molar-refractivity contribution in [1.29, 1.82) is 0 Å². The van der Waals surface area contributed by atoms with E-state index in [1.807, 2.05) is 0 Å². The molecule has 20 heteroatoms. The van der Waals surface area contributed by atoms with Crippen molar-refractivity contribution < 1.29 is 66.1 Å². The first-order valence-corrected chi connectivity index (χ1v) is 18.0. The third-order valence-corrected chi connectivity index (χ3v) is 8.84. The zero-order chi connectivity index (χ0) is 43.3. The maximum absolute atomic E-state index is 13.7. The molecule has 5 amide bonds. The van der Waals surface area contributed by atoms with E-state index in [2.05, 4.69) is 26.6 Å². The second kappa shape index (κ2) is 20.6. The Morgan fingerprint density at radius 2 is 1.41 bits per heavy atom. The third kappa shape index (κ3) is 13.6. The van der Waals surface area contributed by atoms with Gasteiger partial charge in [-0.2, -0.15) is 13.2 Å². The van der Waals surface area contributed by atoms with Crippen LogP contribution in [0, 0.1) is 11.8 Å². The summed E-state index contributed by atoms with van der Waals surface area (Å²) in [7, 11) is 0. The number of fused-ring (bicyclic) bond motifs is 1. The van der Waals surface area contributed by atoms with Crippen molar-refractivity contribution in [3.63, 3.8) is 0 Å². The van der Waals surface area contributed by atoms with E-state index in [1.165, 1.54) is 0 Å². The number of amides is 5. The molecule has 3 rings (SSSR count). The monoisotopic (exact) mass is 819 g/mol. The number of carbonyl (C=O) groups is 7. The van der Waals surface area contributed by atoms with Crippen LogP contribution < -0.4 is 32.2 Å². The number of alkyl halides is 3. The maximum atomic E-state index is 13.7. The van der Waals surface area contributed by atoms with Crippen LogP contribution in [-0.4, -0.2) is 76.0 Å². The van der Waals surface area contributed by atoms with E-state index >= 15 is 0 Å². The molecule has 0 radical (unpaired) electrons. The molecule has 0 fully saturated rings. The van der Waals surface area contributed by atoms with Crippen LogP contribution in [0.15, 0.2) is 63.8 Å². The largest absolute Gasteiger partial charge is 0.481 e. The molecule has 0 aliphatic carbocycles. The van der Waals surface area contributed by atoms with Crippen molar-refractivity contribution in [2.45, 2.75) is 90.3 Å². The molecule has 2 aromatic carbocycles. The highest BCUT2D eigenvalue weighted by Crippen LogP contribution is 2.34. The molecule has 1 aromatic heterocycles. The van der Waals surface area contributed by atoms with Gasteiger partial charge in [-0.05, 0) is 36.0 Å². The molecule has 17 nitrogen and oxygen atoms in total. The van der Waals surface area contributed by atoms with Gasteiger partial charge in [-0.1, -0.05) is 64.4 Å². The van der Waals surface area contributed by atoms with Crippen LogP contribution in [0.25, 0.3) is 11.0 Å². The summed E-state index contributed by atoms with van der Waals surface area (Å²) in [5.41, 5.74) is -2.69. The van der Waals surface area contributed by atoms with Gasteiger partial charge in [0.25, 0.3) is 0 Å². The summed E-state index contributed by atoms with van der Waals surface area (Å²) in [6, 6.07) is 5.71. The van der Waals surface area contributed by atoms with E-state index in [0.29, 0.717) is 5.56 Å². The molecule has 0 spiro atoms. The second-order valence-electron chi connectivity index (χ2n) is 13.6. The average molecular weight is 820 g/mol. The topological polar surface area (TPSA) is 260 Å². The van der Waals surface area contributed by atoms with Gasteiger partial charge < -0.3 is 46.0 Å². The van der Waals surface area contributed by atoms with Crippen LogP contribution in [0.4, 0.5) is 23.7 Å². The molecule has 314 valence electrons. The fraction of sp³-hybridized carbons (Fsp3) is 0.421. The van der Waals surface area contributed by atoms with Gasteiger partial charge in [0.15, 0.2) is 0 Å². The Hall–Kier alpha value is -6.47. The minimum Gasteiger partial charge on any atom is -0.481 e. The van der Waals surface area contributed by atoms with Gasteiger partial charge in [-0.3, -0.25) is 28.8 Å². The van der Waals surface area contributed by atoms with Crippen molar-refractivity contribution in [3.8, 4) is 0 Å². The van der Waals surface area contributed by atoms with Gasteiger partial charge in [0.05, 0.1) is 12.0 Å². The molecule has 0 saturated heterocycles. The normalized spacial score (nSPS) is 13.9. The molecular weight excluding hydrogens is 775 g/mol. The summed E-state index contributed by atoms with van der Waals surface area (Å²) >= 11 is 0. The number of halogens is 3.